The standard InChI is InChI=1S/C17H21N5O2/c1-2-3-9-18-16-15(22(23)24)17(20-12-19-16)21-10-8-13-6-4-5-7-14(13)11-21/h4-7,12H,2-3,8-11H2,1H3,(H,18,19,20). The summed E-state index contributed by atoms with van der Waals surface area (Å²) < 4.78 is 0. The van der Waals surface area contributed by atoms with Gasteiger partial charge in [-0.25, -0.2) is 9.97 Å². The lowest BCUT2D eigenvalue weighted by molar-refractivity contribution is -0.383. The molecule has 2 heterocycles. The highest BCUT2D eigenvalue weighted by atomic mass is 16.6. The summed E-state index contributed by atoms with van der Waals surface area (Å²) in [6, 6.07) is 8.19. The molecule has 0 spiro atoms. The van der Waals surface area contributed by atoms with Gasteiger partial charge in [-0.15, -0.1) is 0 Å². The van der Waals surface area contributed by atoms with Crippen LogP contribution in [0.25, 0.3) is 0 Å². The Morgan fingerprint density at radius 3 is 2.83 bits per heavy atom. The fraction of sp³-hybridized carbons (Fsp3) is 0.412. The Bertz CT molecular complexity index is 735. The number of benzene rings is 1. The number of anilines is 2. The minimum atomic E-state index is -0.385. The molecule has 1 aromatic carbocycles. The summed E-state index contributed by atoms with van der Waals surface area (Å²) in [6.07, 6.45) is 4.21. The number of hydrogen-bond donors (Lipinski definition) is 1. The van der Waals surface area contributed by atoms with Crippen molar-refractivity contribution >= 4 is 17.3 Å². The lowest BCUT2D eigenvalue weighted by Gasteiger charge is -2.29. The van der Waals surface area contributed by atoms with Gasteiger partial charge >= 0.3 is 5.69 Å². The zero-order valence-corrected chi connectivity index (χ0v) is 13.7. The number of aromatic nitrogens is 2. The number of nitro groups is 1. The molecule has 0 bridgehead atoms. The van der Waals surface area contributed by atoms with E-state index in [4.69, 9.17) is 0 Å². The minimum absolute atomic E-state index is 0.0343. The molecule has 0 aliphatic carbocycles. The molecule has 126 valence electrons. The second kappa shape index (κ2) is 7.25. The SMILES string of the molecule is CCCCNc1ncnc(N2CCc3ccccc3C2)c1[N+](=O)[O-]. The molecule has 0 radical (unpaired) electrons. The summed E-state index contributed by atoms with van der Waals surface area (Å²) >= 11 is 0. The molecule has 1 N–H and O–H groups in total. The third-order valence-corrected chi connectivity index (χ3v) is 4.24. The molecule has 7 heteroatoms. The van der Waals surface area contributed by atoms with Crippen LogP contribution in [0.4, 0.5) is 17.3 Å². The molecule has 0 saturated carbocycles. The Balaban J connectivity index is 1.90. The van der Waals surface area contributed by atoms with Crippen LogP contribution < -0.4 is 10.2 Å². The number of hydrogen-bond acceptors (Lipinski definition) is 6. The van der Waals surface area contributed by atoms with Gasteiger partial charge in [0.05, 0.1) is 4.92 Å². The molecule has 0 unspecified atom stereocenters. The molecular formula is C17H21N5O2. The molecule has 1 aliphatic rings. The van der Waals surface area contributed by atoms with Crippen LogP contribution in [0.15, 0.2) is 30.6 Å². The molecular weight excluding hydrogens is 306 g/mol. The molecule has 1 aliphatic heterocycles. The van der Waals surface area contributed by atoms with Crippen molar-refractivity contribution in [2.75, 3.05) is 23.3 Å². The van der Waals surface area contributed by atoms with Crippen molar-refractivity contribution in [2.45, 2.75) is 32.7 Å². The van der Waals surface area contributed by atoms with Gasteiger partial charge in [-0.1, -0.05) is 37.6 Å². The summed E-state index contributed by atoms with van der Waals surface area (Å²) in [4.78, 5) is 21.5. The fourth-order valence-corrected chi connectivity index (χ4v) is 2.96. The van der Waals surface area contributed by atoms with Gasteiger partial charge < -0.3 is 10.2 Å². The minimum Gasteiger partial charge on any atom is -0.364 e. The molecule has 2 aromatic rings. The summed E-state index contributed by atoms with van der Waals surface area (Å²) in [5.74, 6) is 0.695. The van der Waals surface area contributed by atoms with Gasteiger partial charge in [-0.3, -0.25) is 10.1 Å². The predicted octanol–water partition coefficient (Wildman–Crippen LogP) is 3.16. The maximum Gasteiger partial charge on any atom is 0.353 e. The molecule has 0 amide bonds. The van der Waals surface area contributed by atoms with Crippen molar-refractivity contribution in [3.05, 3.63) is 51.8 Å². The van der Waals surface area contributed by atoms with E-state index in [1.165, 1.54) is 17.5 Å². The van der Waals surface area contributed by atoms with E-state index in [9.17, 15) is 10.1 Å². The smallest absolute Gasteiger partial charge is 0.353 e. The van der Waals surface area contributed by atoms with Gasteiger partial charge in [-0.2, -0.15) is 0 Å². The van der Waals surface area contributed by atoms with Crippen LogP contribution in [0, 0.1) is 10.1 Å². The maximum atomic E-state index is 11.6. The number of fused-ring (bicyclic) bond motifs is 1. The van der Waals surface area contributed by atoms with E-state index < -0.39 is 0 Å². The van der Waals surface area contributed by atoms with Crippen LogP contribution >= 0.6 is 0 Å². The van der Waals surface area contributed by atoms with E-state index in [-0.39, 0.29) is 10.6 Å². The second-order valence-corrected chi connectivity index (χ2v) is 5.87. The van der Waals surface area contributed by atoms with Crippen LogP contribution in [0.1, 0.15) is 30.9 Å². The van der Waals surface area contributed by atoms with Crippen molar-refractivity contribution in [3.8, 4) is 0 Å². The highest BCUT2D eigenvalue weighted by molar-refractivity contribution is 5.70. The fourth-order valence-electron chi connectivity index (χ4n) is 2.96. The first-order chi connectivity index (χ1) is 11.7. The van der Waals surface area contributed by atoms with Crippen molar-refractivity contribution in [1.29, 1.82) is 0 Å². The average Bonchev–Trinajstić information content (AvgIpc) is 2.61. The molecule has 1 aromatic heterocycles. The predicted molar refractivity (Wildman–Crippen MR) is 93.3 cm³/mol. The normalized spacial score (nSPS) is 13.5. The molecule has 3 rings (SSSR count). The quantitative estimate of drug-likeness (QED) is 0.498. The van der Waals surface area contributed by atoms with E-state index in [2.05, 4.69) is 34.3 Å². The molecule has 7 nitrogen and oxygen atoms in total. The lowest BCUT2D eigenvalue weighted by Crippen LogP contribution is -2.31. The Morgan fingerprint density at radius 1 is 1.29 bits per heavy atom. The first-order valence-corrected chi connectivity index (χ1v) is 8.25. The summed E-state index contributed by atoms with van der Waals surface area (Å²) in [5, 5.41) is 14.7. The Labute approximate surface area is 140 Å². The van der Waals surface area contributed by atoms with Gasteiger partial charge in [0, 0.05) is 19.6 Å². The van der Waals surface area contributed by atoms with Gasteiger partial charge in [0.1, 0.15) is 6.33 Å². The van der Waals surface area contributed by atoms with Crippen LogP contribution in [-0.2, 0) is 13.0 Å². The van der Waals surface area contributed by atoms with E-state index in [0.29, 0.717) is 31.3 Å². The largest absolute Gasteiger partial charge is 0.364 e. The van der Waals surface area contributed by atoms with Crippen LogP contribution in [-0.4, -0.2) is 28.0 Å². The molecule has 24 heavy (non-hydrogen) atoms. The first-order valence-electron chi connectivity index (χ1n) is 8.25. The zero-order valence-electron chi connectivity index (χ0n) is 13.7. The molecule has 0 atom stereocenters. The van der Waals surface area contributed by atoms with Crippen LogP contribution in [0.2, 0.25) is 0 Å². The monoisotopic (exact) mass is 327 g/mol. The van der Waals surface area contributed by atoms with E-state index in [1.807, 2.05) is 17.0 Å². The first kappa shape index (κ1) is 16.2. The van der Waals surface area contributed by atoms with Gasteiger partial charge in [0.2, 0.25) is 11.6 Å². The summed E-state index contributed by atoms with van der Waals surface area (Å²) in [6.45, 7) is 4.08. The van der Waals surface area contributed by atoms with Gasteiger partial charge in [0.15, 0.2) is 0 Å². The Kier molecular flexibility index (Phi) is 4.88. The summed E-state index contributed by atoms with van der Waals surface area (Å²) in [5.41, 5.74) is 2.46. The summed E-state index contributed by atoms with van der Waals surface area (Å²) in [7, 11) is 0. The van der Waals surface area contributed by atoms with Crippen LogP contribution in [0.5, 0.6) is 0 Å². The van der Waals surface area contributed by atoms with Gasteiger partial charge in [-0.05, 0) is 24.0 Å². The van der Waals surface area contributed by atoms with Gasteiger partial charge in [0.25, 0.3) is 0 Å². The van der Waals surface area contributed by atoms with Crippen molar-refractivity contribution < 1.29 is 4.92 Å². The lowest BCUT2D eigenvalue weighted by atomic mass is 10.00. The Morgan fingerprint density at radius 2 is 2.08 bits per heavy atom. The van der Waals surface area contributed by atoms with Crippen LogP contribution in [0.3, 0.4) is 0 Å². The number of nitrogens with one attached hydrogen (secondary N) is 1. The zero-order chi connectivity index (χ0) is 16.9. The van der Waals surface area contributed by atoms with Crippen molar-refractivity contribution in [2.24, 2.45) is 0 Å². The average molecular weight is 327 g/mol. The van der Waals surface area contributed by atoms with Crippen molar-refractivity contribution in [3.63, 3.8) is 0 Å². The van der Waals surface area contributed by atoms with E-state index in [0.717, 1.165) is 19.3 Å². The number of unbranched alkanes of at least 4 members (excludes halogenated alkanes) is 1. The van der Waals surface area contributed by atoms with E-state index >= 15 is 0 Å². The molecule has 0 saturated heterocycles. The highest BCUT2D eigenvalue weighted by Gasteiger charge is 2.28. The topological polar surface area (TPSA) is 84.2 Å². The maximum absolute atomic E-state index is 11.6. The molecule has 0 fully saturated rings. The highest BCUT2D eigenvalue weighted by Crippen LogP contribution is 2.34. The number of nitrogens with zero attached hydrogens (tertiary/aromatic N) is 4. The Hall–Kier alpha value is -2.70. The third-order valence-electron chi connectivity index (χ3n) is 4.24. The van der Waals surface area contributed by atoms with Crippen molar-refractivity contribution in [1.82, 2.24) is 9.97 Å². The third kappa shape index (κ3) is 3.29. The van der Waals surface area contributed by atoms with E-state index in [1.54, 1.807) is 0 Å². The second-order valence-electron chi connectivity index (χ2n) is 5.87. The number of rotatable bonds is 6.